The Morgan fingerprint density at radius 1 is 0.283 bits per heavy atom. The van der Waals surface area contributed by atoms with Crippen LogP contribution < -0.4 is 11.5 Å². The van der Waals surface area contributed by atoms with Crippen LogP contribution in [0.15, 0.2) is 97.1 Å². The fraction of sp³-hybridized carbons (Fsp3) is 0.529. The van der Waals surface area contributed by atoms with E-state index in [4.69, 9.17) is 11.5 Å². The predicted octanol–water partition coefficient (Wildman–Crippen LogP) is 15.5. The quantitative estimate of drug-likeness (QED) is 0.0477. The van der Waals surface area contributed by atoms with Crippen molar-refractivity contribution in [3.63, 3.8) is 0 Å². The van der Waals surface area contributed by atoms with Crippen molar-refractivity contribution in [2.45, 2.75) is 173 Å². The van der Waals surface area contributed by atoms with Crippen molar-refractivity contribution in [1.29, 1.82) is 0 Å². The number of anilines is 2. The average molecular weight is 715 g/mol. The number of nitrogens with two attached hydrogens (primary N) is 2. The number of nitrogen functional groups attached to an aromatic ring is 2. The second-order valence-electron chi connectivity index (χ2n) is 16.0. The fourth-order valence-corrected chi connectivity index (χ4v) is 8.34. The number of unbranched alkanes of at least 4 members (excludes halogenated alkanes) is 15. The van der Waals surface area contributed by atoms with Gasteiger partial charge in [-0.05, 0) is 76.9 Å². The highest BCUT2D eigenvalue weighted by molar-refractivity contribution is 5.45. The first-order valence-electron chi connectivity index (χ1n) is 21.9. The summed E-state index contributed by atoms with van der Waals surface area (Å²) in [4.78, 5) is 0. The molecule has 0 fully saturated rings. The molecule has 0 aliphatic heterocycles. The maximum Gasteiger partial charge on any atom is 0.0314 e. The molecular weight excluding hydrogens is 641 g/mol. The molecular formula is C51H74N2. The first-order chi connectivity index (χ1) is 26.0. The van der Waals surface area contributed by atoms with Crippen LogP contribution in [-0.2, 0) is 0 Å². The van der Waals surface area contributed by atoms with Gasteiger partial charge in [-0.2, -0.15) is 0 Å². The molecule has 0 heterocycles. The van der Waals surface area contributed by atoms with E-state index in [0.29, 0.717) is 17.8 Å². The van der Waals surface area contributed by atoms with Gasteiger partial charge in [0.25, 0.3) is 0 Å². The van der Waals surface area contributed by atoms with Gasteiger partial charge in [-0.15, -0.1) is 0 Å². The minimum absolute atomic E-state index is 0.407. The van der Waals surface area contributed by atoms with Crippen molar-refractivity contribution < 1.29 is 0 Å². The number of hydrogen-bond acceptors (Lipinski definition) is 2. The Labute approximate surface area is 325 Å². The molecule has 2 heteroatoms. The van der Waals surface area contributed by atoms with Gasteiger partial charge in [0.15, 0.2) is 0 Å². The van der Waals surface area contributed by atoms with Crippen molar-refractivity contribution in [1.82, 2.24) is 0 Å². The van der Waals surface area contributed by atoms with Gasteiger partial charge in [0.1, 0.15) is 0 Å². The summed E-state index contributed by atoms with van der Waals surface area (Å²) >= 11 is 0. The van der Waals surface area contributed by atoms with E-state index < -0.39 is 0 Å². The largest absolute Gasteiger partial charge is 0.399 e. The van der Waals surface area contributed by atoms with E-state index in [-0.39, 0.29) is 0 Å². The number of hydrogen-bond donors (Lipinski definition) is 2. The lowest BCUT2D eigenvalue weighted by molar-refractivity contribution is 0.558. The maximum absolute atomic E-state index is 6.11. The molecule has 0 amide bonds. The monoisotopic (exact) mass is 715 g/mol. The van der Waals surface area contributed by atoms with Gasteiger partial charge in [0.05, 0.1) is 0 Å². The van der Waals surface area contributed by atoms with Gasteiger partial charge < -0.3 is 11.5 Å². The van der Waals surface area contributed by atoms with E-state index in [0.717, 1.165) is 11.4 Å². The minimum Gasteiger partial charge on any atom is -0.399 e. The molecule has 0 saturated heterocycles. The molecule has 0 aliphatic rings. The van der Waals surface area contributed by atoms with Crippen LogP contribution in [0.4, 0.5) is 11.4 Å². The SMILES string of the molecule is CCCCCCCCCC(c1ccc(N)cc1)c1ccc(C(CCCCCC)c2ccc(C(CCCCCCCCC)c3ccc(N)cc3)cc2)cc1. The smallest absolute Gasteiger partial charge is 0.0314 e. The summed E-state index contributed by atoms with van der Waals surface area (Å²) in [6, 6.07) is 36.8. The van der Waals surface area contributed by atoms with Crippen LogP contribution >= 0.6 is 0 Å². The topological polar surface area (TPSA) is 52.0 Å². The summed E-state index contributed by atoms with van der Waals surface area (Å²) in [5, 5.41) is 0. The van der Waals surface area contributed by atoms with Crippen LogP contribution in [0.3, 0.4) is 0 Å². The Morgan fingerprint density at radius 2 is 0.472 bits per heavy atom. The standard InChI is InChI=1S/C51H74N2/c1-4-7-10-13-15-17-20-23-50(45-33-37-47(52)38-34-45)43-29-25-41(26-30-43)49(22-19-12-9-6-3)42-27-31-44(32-28-42)51(46-35-39-48(53)40-36-46)24-21-18-16-14-11-8-5-2/h25-40,49-51H,4-24,52-53H2,1-3H3. The summed E-state index contributed by atoms with van der Waals surface area (Å²) < 4.78 is 0. The summed E-state index contributed by atoms with van der Waals surface area (Å²) in [5.41, 5.74) is 22.4. The zero-order valence-electron chi connectivity index (χ0n) is 34.0. The van der Waals surface area contributed by atoms with Crippen LogP contribution in [0.1, 0.15) is 207 Å². The molecule has 2 unspecified atom stereocenters. The van der Waals surface area contributed by atoms with Crippen molar-refractivity contribution >= 4 is 11.4 Å². The molecule has 4 aromatic rings. The first-order valence-corrected chi connectivity index (χ1v) is 21.9. The van der Waals surface area contributed by atoms with Crippen molar-refractivity contribution in [2.75, 3.05) is 11.5 Å². The van der Waals surface area contributed by atoms with Crippen LogP contribution in [0.2, 0.25) is 0 Å². The molecule has 0 spiro atoms. The van der Waals surface area contributed by atoms with Gasteiger partial charge in [0.2, 0.25) is 0 Å². The van der Waals surface area contributed by atoms with E-state index in [1.54, 1.807) is 0 Å². The van der Waals surface area contributed by atoms with E-state index in [2.05, 4.69) is 118 Å². The molecule has 0 radical (unpaired) electrons. The molecule has 0 saturated carbocycles. The lowest BCUT2D eigenvalue weighted by Gasteiger charge is -2.23. The van der Waals surface area contributed by atoms with Crippen molar-refractivity contribution in [3.05, 3.63) is 130 Å². The molecule has 4 aromatic carbocycles. The van der Waals surface area contributed by atoms with Gasteiger partial charge in [-0.1, -0.05) is 209 Å². The highest BCUT2D eigenvalue weighted by Crippen LogP contribution is 2.37. The lowest BCUT2D eigenvalue weighted by atomic mass is 9.81. The number of benzene rings is 4. The van der Waals surface area contributed by atoms with Crippen molar-refractivity contribution in [3.8, 4) is 0 Å². The van der Waals surface area contributed by atoms with Gasteiger partial charge >= 0.3 is 0 Å². The third-order valence-corrected chi connectivity index (χ3v) is 11.7. The number of rotatable bonds is 27. The molecule has 4 N–H and O–H groups in total. The van der Waals surface area contributed by atoms with Crippen LogP contribution in [0, 0.1) is 0 Å². The first kappa shape index (κ1) is 42.2. The average Bonchev–Trinajstić information content (AvgIpc) is 3.18. The minimum atomic E-state index is 0.407. The Kier molecular flexibility index (Phi) is 19.7. The summed E-state index contributed by atoms with van der Waals surface area (Å²) in [7, 11) is 0. The highest BCUT2D eigenvalue weighted by atomic mass is 14.5. The van der Waals surface area contributed by atoms with Gasteiger partial charge in [-0.3, -0.25) is 0 Å². The maximum atomic E-state index is 6.11. The Balaban J connectivity index is 1.52. The second kappa shape index (κ2) is 24.7. The molecule has 288 valence electrons. The summed E-state index contributed by atoms with van der Waals surface area (Å²) in [6.07, 6.45) is 27.5. The van der Waals surface area contributed by atoms with Crippen molar-refractivity contribution in [2.24, 2.45) is 0 Å². The summed E-state index contributed by atoms with van der Waals surface area (Å²) in [5.74, 6) is 1.22. The molecule has 2 atom stereocenters. The molecule has 0 aromatic heterocycles. The Bertz CT molecular complexity index is 1380. The molecule has 53 heavy (non-hydrogen) atoms. The van der Waals surface area contributed by atoms with Gasteiger partial charge in [-0.25, -0.2) is 0 Å². The summed E-state index contributed by atoms with van der Waals surface area (Å²) in [6.45, 7) is 6.90. The molecule has 0 aliphatic carbocycles. The third-order valence-electron chi connectivity index (χ3n) is 11.7. The van der Waals surface area contributed by atoms with Gasteiger partial charge in [0, 0.05) is 29.1 Å². The van der Waals surface area contributed by atoms with E-state index in [9.17, 15) is 0 Å². The predicted molar refractivity (Wildman–Crippen MR) is 234 cm³/mol. The van der Waals surface area contributed by atoms with E-state index in [1.165, 1.54) is 168 Å². The second-order valence-corrected chi connectivity index (χ2v) is 16.0. The third kappa shape index (κ3) is 14.7. The zero-order chi connectivity index (χ0) is 37.5. The lowest BCUT2D eigenvalue weighted by Crippen LogP contribution is -2.06. The highest BCUT2D eigenvalue weighted by Gasteiger charge is 2.20. The molecule has 2 nitrogen and oxygen atoms in total. The van der Waals surface area contributed by atoms with Crippen LogP contribution in [0.25, 0.3) is 0 Å². The normalized spacial score (nSPS) is 13.2. The fourth-order valence-electron chi connectivity index (χ4n) is 8.34. The Hall–Kier alpha value is -3.52. The van der Waals surface area contributed by atoms with E-state index in [1.807, 2.05) is 0 Å². The molecule has 0 bridgehead atoms. The molecule has 4 rings (SSSR count). The zero-order valence-corrected chi connectivity index (χ0v) is 34.0. The Morgan fingerprint density at radius 3 is 0.717 bits per heavy atom. The van der Waals surface area contributed by atoms with Crippen LogP contribution in [0.5, 0.6) is 0 Å². The van der Waals surface area contributed by atoms with Crippen LogP contribution in [-0.4, -0.2) is 0 Å². The van der Waals surface area contributed by atoms with E-state index >= 15 is 0 Å².